The van der Waals surface area contributed by atoms with Gasteiger partial charge in [0.15, 0.2) is 11.5 Å². The number of halogens is 2. The summed E-state index contributed by atoms with van der Waals surface area (Å²) in [5.74, 6) is 1.10. The second kappa shape index (κ2) is 10.5. The fraction of sp³-hybridized carbons (Fsp3) is 0.423. The van der Waals surface area contributed by atoms with Gasteiger partial charge in [0.2, 0.25) is 0 Å². The number of rotatable bonds is 7. The van der Waals surface area contributed by atoms with Crippen LogP contribution in [0.3, 0.4) is 0 Å². The van der Waals surface area contributed by atoms with Crippen molar-refractivity contribution in [1.29, 1.82) is 0 Å². The summed E-state index contributed by atoms with van der Waals surface area (Å²) >= 11 is 12.7. The van der Waals surface area contributed by atoms with E-state index in [1.54, 1.807) is 25.3 Å². The number of benzene rings is 1. The first-order valence-electron chi connectivity index (χ1n) is 11.5. The lowest BCUT2D eigenvalue weighted by Crippen LogP contribution is -2.31. The minimum Gasteiger partial charge on any atom is -0.494 e. The number of ether oxygens (including phenoxy) is 1. The van der Waals surface area contributed by atoms with Gasteiger partial charge in [0.1, 0.15) is 5.52 Å². The van der Waals surface area contributed by atoms with Crippen molar-refractivity contribution >= 4 is 45.7 Å². The Balaban J connectivity index is 1.71. The molecule has 2 aromatic heterocycles. The Labute approximate surface area is 210 Å². The Kier molecular flexibility index (Phi) is 7.60. The van der Waals surface area contributed by atoms with Crippen LogP contribution in [-0.4, -0.2) is 54.4 Å². The molecular weight excluding hydrogens is 471 g/mol. The summed E-state index contributed by atoms with van der Waals surface area (Å²) in [4.78, 5) is 24.1. The molecule has 0 spiro atoms. The van der Waals surface area contributed by atoms with E-state index in [2.05, 4.69) is 29.3 Å². The second-order valence-electron chi connectivity index (χ2n) is 9.26. The average Bonchev–Trinajstić information content (AvgIpc) is 2.79. The Hall–Kier alpha value is -2.41. The highest BCUT2D eigenvalue weighted by Gasteiger charge is 2.24. The molecule has 6 nitrogen and oxygen atoms in total. The number of fused-ring (bicyclic) bond motifs is 1. The number of nitrogens with one attached hydrogen (secondary N) is 1. The Morgan fingerprint density at radius 1 is 1.15 bits per heavy atom. The molecule has 1 N–H and O–H groups in total. The number of Topliss-reactive ketones (excluding diaryl/α,β-unsaturated/α-hetero) is 1. The van der Waals surface area contributed by atoms with E-state index in [0.717, 1.165) is 49.0 Å². The predicted molar refractivity (Wildman–Crippen MR) is 139 cm³/mol. The zero-order valence-corrected chi connectivity index (χ0v) is 21.5. The minimum atomic E-state index is -0.0408. The van der Waals surface area contributed by atoms with E-state index in [0.29, 0.717) is 38.5 Å². The molecule has 0 saturated heterocycles. The van der Waals surface area contributed by atoms with Crippen molar-refractivity contribution in [3.63, 3.8) is 0 Å². The molecule has 2 heterocycles. The zero-order chi connectivity index (χ0) is 24.4. The molecule has 1 fully saturated rings. The first-order valence-corrected chi connectivity index (χ1v) is 12.3. The van der Waals surface area contributed by atoms with Gasteiger partial charge in [-0.2, -0.15) is 0 Å². The summed E-state index contributed by atoms with van der Waals surface area (Å²) < 4.78 is 5.27. The maximum atomic E-state index is 12.5. The quantitative estimate of drug-likeness (QED) is 0.381. The lowest BCUT2D eigenvalue weighted by molar-refractivity contribution is 0.101. The molecule has 0 unspecified atom stereocenters. The van der Waals surface area contributed by atoms with Crippen LogP contribution >= 0.6 is 23.2 Å². The molecule has 180 valence electrons. The van der Waals surface area contributed by atoms with Crippen molar-refractivity contribution in [1.82, 2.24) is 14.9 Å². The summed E-state index contributed by atoms with van der Waals surface area (Å²) in [7, 11) is 5.78. The molecule has 3 aromatic rings. The first-order chi connectivity index (χ1) is 16.3. The largest absolute Gasteiger partial charge is 0.494 e. The Morgan fingerprint density at radius 3 is 2.41 bits per heavy atom. The maximum absolute atomic E-state index is 12.5. The third-order valence-corrected chi connectivity index (χ3v) is 6.97. The number of nitrogens with zero attached hydrogens (tertiary/aromatic N) is 3. The summed E-state index contributed by atoms with van der Waals surface area (Å²) in [5, 5.41) is 4.48. The molecule has 0 aliphatic heterocycles. The van der Waals surface area contributed by atoms with Gasteiger partial charge in [-0.25, -0.2) is 4.98 Å². The fourth-order valence-electron chi connectivity index (χ4n) is 4.75. The molecule has 34 heavy (non-hydrogen) atoms. The molecule has 0 bridgehead atoms. The van der Waals surface area contributed by atoms with E-state index in [-0.39, 0.29) is 11.8 Å². The summed E-state index contributed by atoms with van der Waals surface area (Å²) in [5.41, 5.74) is 4.16. The van der Waals surface area contributed by atoms with Crippen LogP contribution in [0.1, 0.15) is 43.0 Å². The second-order valence-corrected chi connectivity index (χ2v) is 10.1. The Bertz CT molecular complexity index is 1180. The first kappa shape index (κ1) is 24.7. The van der Waals surface area contributed by atoms with Crippen molar-refractivity contribution in [3.05, 3.63) is 46.1 Å². The standard InChI is InChI=1S/C26H30Cl2N4O2/c1-15(33)19-13-29-23-10-9-22(17-11-20(27)26(34-4)21(28)12-17)31-25(23)24(19)30-18-7-5-16(6-8-18)14-32(2)3/h9-13,16,18H,5-8,14H2,1-4H3,(H,29,30)/t16-,18-. The highest BCUT2D eigenvalue weighted by Crippen LogP contribution is 2.38. The van der Waals surface area contributed by atoms with Crippen LogP contribution in [0.4, 0.5) is 5.69 Å². The number of aromatic nitrogens is 2. The van der Waals surface area contributed by atoms with Crippen LogP contribution < -0.4 is 10.1 Å². The molecule has 1 aliphatic rings. The minimum absolute atomic E-state index is 0.0408. The van der Waals surface area contributed by atoms with Crippen LogP contribution in [0.5, 0.6) is 5.75 Å². The lowest BCUT2D eigenvalue weighted by Gasteiger charge is -2.31. The van der Waals surface area contributed by atoms with Crippen molar-refractivity contribution in [3.8, 4) is 17.0 Å². The molecule has 1 aromatic carbocycles. The third-order valence-electron chi connectivity index (χ3n) is 6.41. The van der Waals surface area contributed by atoms with Crippen molar-refractivity contribution in [2.75, 3.05) is 33.1 Å². The molecule has 1 saturated carbocycles. The van der Waals surface area contributed by atoms with Crippen LogP contribution in [0.25, 0.3) is 22.3 Å². The number of hydrogen-bond donors (Lipinski definition) is 1. The summed E-state index contributed by atoms with van der Waals surface area (Å²) in [6, 6.07) is 7.64. The van der Waals surface area contributed by atoms with E-state index in [1.165, 1.54) is 7.11 Å². The van der Waals surface area contributed by atoms with Crippen LogP contribution in [-0.2, 0) is 0 Å². The number of carbonyl (C=O) groups excluding carboxylic acids is 1. The van der Waals surface area contributed by atoms with Gasteiger partial charge < -0.3 is 15.0 Å². The van der Waals surface area contributed by atoms with E-state index >= 15 is 0 Å². The SMILES string of the molecule is COc1c(Cl)cc(-c2ccc3ncc(C(C)=O)c(N[C@H]4CC[C@H](CN(C)C)CC4)c3n2)cc1Cl. The fourth-order valence-corrected chi connectivity index (χ4v) is 5.39. The number of hydrogen-bond acceptors (Lipinski definition) is 6. The number of carbonyl (C=O) groups is 1. The van der Waals surface area contributed by atoms with Crippen LogP contribution in [0, 0.1) is 5.92 Å². The van der Waals surface area contributed by atoms with Gasteiger partial charge in [0.25, 0.3) is 0 Å². The van der Waals surface area contributed by atoms with Crippen molar-refractivity contribution < 1.29 is 9.53 Å². The molecule has 4 rings (SSSR count). The molecule has 0 amide bonds. The highest BCUT2D eigenvalue weighted by atomic mass is 35.5. The van der Waals surface area contributed by atoms with Gasteiger partial charge in [-0.05, 0) is 76.9 Å². The van der Waals surface area contributed by atoms with Gasteiger partial charge in [-0.1, -0.05) is 23.2 Å². The highest BCUT2D eigenvalue weighted by molar-refractivity contribution is 6.37. The van der Waals surface area contributed by atoms with E-state index in [9.17, 15) is 4.79 Å². The van der Waals surface area contributed by atoms with Gasteiger partial charge in [-0.15, -0.1) is 0 Å². The van der Waals surface area contributed by atoms with E-state index in [4.69, 9.17) is 32.9 Å². The summed E-state index contributed by atoms with van der Waals surface area (Å²) in [6.45, 7) is 2.68. The van der Waals surface area contributed by atoms with Gasteiger partial charge in [0.05, 0.1) is 39.6 Å². The van der Waals surface area contributed by atoms with E-state index in [1.807, 2.05) is 12.1 Å². The van der Waals surface area contributed by atoms with Crippen LogP contribution in [0.15, 0.2) is 30.5 Å². The van der Waals surface area contributed by atoms with E-state index < -0.39 is 0 Å². The number of pyridine rings is 2. The van der Waals surface area contributed by atoms with Crippen LogP contribution in [0.2, 0.25) is 10.0 Å². The molecule has 1 aliphatic carbocycles. The third kappa shape index (κ3) is 5.29. The normalized spacial score (nSPS) is 18.3. The maximum Gasteiger partial charge on any atom is 0.163 e. The molecule has 0 atom stereocenters. The Morgan fingerprint density at radius 2 is 1.82 bits per heavy atom. The summed E-state index contributed by atoms with van der Waals surface area (Å²) in [6.07, 6.45) is 6.09. The number of anilines is 1. The molecular formula is C26H30Cl2N4O2. The molecule has 0 radical (unpaired) electrons. The van der Waals surface area contributed by atoms with Crippen molar-refractivity contribution in [2.24, 2.45) is 5.92 Å². The van der Waals surface area contributed by atoms with Gasteiger partial charge in [0, 0.05) is 24.3 Å². The smallest absolute Gasteiger partial charge is 0.163 e. The average molecular weight is 501 g/mol. The topological polar surface area (TPSA) is 67.3 Å². The monoisotopic (exact) mass is 500 g/mol. The number of methoxy groups -OCH3 is 1. The predicted octanol–water partition coefficient (Wildman–Crippen LogP) is 6.35. The molecule has 8 heteroatoms. The van der Waals surface area contributed by atoms with Crippen molar-refractivity contribution in [2.45, 2.75) is 38.6 Å². The zero-order valence-electron chi connectivity index (χ0n) is 20.0. The lowest BCUT2D eigenvalue weighted by atomic mass is 9.85. The van der Waals surface area contributed by atoms with Gasteiger partial charge >= 0.3 is 0 Å². The number of ketones is 1. The van der Waals surface area contributed by atoms with Gasteiger partial charge in [-0.3, -0.25) is 9.78 Å².